The second-order valence-electron chi connectivity index (χ2n) is 4.81. The van der Waals surface area contributed by atoms with Gasteiger partial charge in [0.05, 0.1) is 22.5 Å². The van der Waals surface area contributed by atoms with E-state index in [4.69, 9.17) is 10.2 Å². The van der Waals surface area contributed by atoms with E-state index in [2.05, 4.69) is 10.2 Å². The van der Waals surface area contributed by atoms with Crippen molar-refractivity contribution in [2.75, 3.05) is 0 Å². The molecule has 0 aromatic heterocycles. The molecule has 0 fully saturated rings. The van der Waals surface area contributed by atoms with Crippen LogP contribution in [0.2, 0.25) is 0 Å². The molecule has 0 aliphatic rings. The summed E-state index contributed by atoms with van der Waals surface area (Å²) in [6, 6.07) is 9.35. The molecule has 6 nitrogen and oxygen atoms in total. The number of carbonyl (C=O) groups is 2. The van der Waals surface area contributed by atoms with Gasteiger partial charge in [-0.3, -0.25) is 0 Å². The molecule has 112 valence electrons. The second kappa shape index (κ2) is 6.17. The van der Waals surface area contributed by atoms with Crippen LogP contribution in [0.25, 0.3) is 0 Å². The predicted octanol–water partition coefficient (Wildman–Crippen LogP) is 4.12. The summed E-state index contributed by atoms with van der Waals surface area (Å²) in [6.07, 6.45) is 0. The molecule has 2 aromatic rings. The zero-order valence-electron chi connectivity index (χ0n) is 12.1. The standard InChI is InChI=1S/C16H14N2O4/c1-9-7-11(3-5-13(9)15(19)20)17-18-12-4-6-14(16(21)22)10(2)8-12/h3-8H,1-2H3,(H,19,20)(H,21,22). The Hall–Kier alpha value is -3.02. The lowest BCUT2D eigenvalue weighted by molar-refractivity contribution is 0.0685. The smallest absolute Gasteiger partial charge is 0.335 e. The first-order valence-electron chi connectivity index (χ1n) is 6.48. The van der Waals surface area contributed by atoms with Gasteiger partial charge >= 0.3 is 11.9 Å². The number of hydrogen-bond acceptors (Lipinski definition) is 4. The normalized spacial score (nSPS) is 10.8. The fraction of sp³-hybridized carbons (Fsp3) is 0.125. The number of benzene rings is 2. The molecule has 0 aliphatic carbocycles. The number of hydrogen-bond donors (Lipinski definition) is 2. The summed E-state index contributed by atoms with van der Waals surface area (Å²) < 4.78 is 0. The number of nitrogens with zero attached hydrogens (tertiary/aromatic N) is 2. The average molecular weight is 298 g/mol. The van der Waals surface area contributed by atoms with Gasteiger partial charge in [0.15, 0.2) is 0 Å². The molecule has 0 saturated carbocycles. The first-order chi connectivity index (χ1) is 10.4. The van der Waals surface area contributed by atoms with Crippen molar-refractivity contribution in [3.8, 4) is 0 Å². The summed E-state index contributed by atoms with van der Waals surface area (Å²) in [5, 5.41) is 26.0. The summed E-state index contributed by atoms with van der Waals surface area (Å²) >= 11 is 0. The number of rotatable bonds is 4. The molecule has 0 atom stereocenters. The predicted molar refractivity (Wildman–Crippen MR) is 80.5 cm³/mol. The molecule has 2 aromatic carbocycles. The third-order valence-corrected chi connectivity index (χ3v) is 3.16. The minimum Gasteiger partial charge on any atom is -0.478 e. The molecule has 0 amide bonds. The lowest BCUT2D eigenvalue weighted by Gasteiger charge is -2.02. The molecule has 0 aliphatic heterocycles. The van der Waals surface area contributed by atoms with E-state index < -0.39 is 11.9 Å². The molecule has 0 saturated heterocycles. The monoisotopic (exact) mass is 298 g/mol. The highest BCUT2D eigenvalue weighted by Crippen LogP contribution is 2.23. The molecule has 0 spiro atoms. The average Bonchev–Trinajstić information content (AvgIpc) is 2.44. The third kappa shape index (κ3) is 3.35. The van der Waals surface area contributed by atoms with Crippen LogP contribution in [0.3, 0.4) is 0 Å². The zero-order valence-corrected chi connectivity index (χ0v) is 12.1. The number of carboxylic acid groups (broad SMARTS) is 2. The van der Waals surface area contributed by atoms with Gasteiger partial charge in [-0.2, -0.15) is 10.2 Å². The van der Waals surface area contributed by atoms with E-state index in [9.17, 15) is 9.59 Å². The number of carboxylic acids is 2. The Bertz CT molecular complexity index is 716. The molecular weight excluding hydrogens is 284 g/mol. The van der Waals surface area contributed by atoms with Gasteiger partial charge in [-0.25, -0.2) is 9.59 Å². The topological polar surface area (TPSA) is 99.3 Å². The van der Waals surface area contributed by atoms with Crippen molar-refractivity contribution >= 4 is 23.3 Å². The Kier molecular flexibility index (Phi) is 4.31. The minimum atomic E-state index is -0.985. The van der Waals surface area contributed by atoms with Gasteiger partial charge in [-0.05, 0) is 61.4 Å². The molecule has 6 heteroatoms. The minimum absolute atomic E-state index is 0.223. The van der Waals surface area contributed by atoms with Crippen LogP contribution in [-0.2, 0) is 0 Å². The van der Waals surface area contributed by atoms with Crippen LogP contribution in [0, 0.1) is 13.8 Å². The lowest BCUT2D eigenvalue weighted by atomic mass is 10.1. The Balaban J connectivity index is 2.25. The molecule has 0 heterocycles. The van der Waals surface area contributed by atoms with Gasteiger partial charge in [0.2, 0.25) is 0 Å². The summed E-state index contributed by atoms with van der Waals surface area (Å²) in [6.45, 7) is 3.38. The number of aryl methyl sites for hydroxylation is 2. The van der Waals surface area contributed by atoms with Crippen molar-refractivity contribution in [2.45, 2.75) is 13.8 Å². The van der Waals surface area contributed by atoms with Crippen LogP contribution >= 0.6 is 0 Å². The van der Waals surface area contributed by atoms with Crippen LogP contribution in [-0.4, -0.2) is 22.2 Å². The molecule has 2 N–H and O–H groups in total. The first kappa shape index (κ1) is 15.4. The third-order valence-electron chi connectivity index (χ3n) is 3.16. The zero-order chi connectivity index (χ0) is 16.3. The number of azo groups is 1. The van der Waals surface area contributed by atoms with E-state index in [1.54, 1.807) is 38.1 Å². The van der Waals surface area contributed by atoms with Crippen LogP contribution in [0.15, 0.2) is 46.6 Å². The van der Waals surface area contributed by atoms with E-state index in [-0.39, 0.29) is 11.1 Å². The van der Waals surface area contributed by atoms with E-state index in [0.29, 0.717) is 22.5 Å². The number of aromatic carboxylic acids is 2. The Morgan fingerprint density at radius 2 is 1.14 bits per heavy atom. The van der Waals surface area contributed by atoms with Crippen LogP contribution in [0.4, 0.5) is 11.4 Å². The summed E-state index contributed by atoms with van der Waals surface area (Å²) in [5.74, 6) is -1.97. The van der Waals surface area contributed by atoms with Crippen molar-refractivity contribution in [1.82, 2.24) is 0 Å². The Morgan fingerprint density at radius 1 is 0.773 bits per heavy atom. The SMILES string of the molecule is Cc1cc(N=Nc2ccc(C(=O)O)c(C)c2)ccc1C(=O)O. The maximum atomic E-state index is 10.9. The Labute approximate surface area is 126 Å². The second-order valence-corrected chi connectivity index (χ2v) is 4.81. The van der Waals surface area contributed by atoms with E-state index in [1.165, 1.54) is 12.1 Å². The fourth-order valence-corrected chi connectivity index (χ4v) is 2.02. The maximum absolute atomic E-state index is 10.9. The van der Waals surface area contributed by atoms with Crippen molar-refractivity contribution in [3.05, 3.63) is 58.7 Å². The summed E-state index contributed by atoms with van der Waals surface area (Å²) in [5.41, 5.74) is 2.70. The van der Waals surface area contributed by atoms with Crippen LogP contribution < -0.4 is 0 Å². The molecule has 0 bridgehead atoms. The molecule has 0 radical (unpaired) electrons. The van der Waals surface area contributed by atoms with Gasteiger partial charge in [0, 0.05) is 0 Å². The van der Waals surface area contributed by atoms with Gasteiger partial charge in [0.1, 0.15) is 0 Å². The molecular formula is C16H14N2O4. The quantitative estimate of drug-likeness (QED) is 0.829. The largest absolute Gasteiger partial charge is 0.478 e. The summed E-state index contributed by atoms with van der Waals surface area (Å²) in [4.78, 5) is 21.9. The van der Waals surface area contributed by atoms with Crippen molar-refractivity contribution in [3.63, 3.8) is 0 Å². The van der Waals surface area contributed by atoms with E-state index in [1.807, 2.05) is 0 Å². The summed E-state index contributed by atoms with van der Waals surface area (Å²) in [7, 11) is 0. The first-order valence-corrected chi connectivity index (χ1v) is 6.48. The van der Waals surface area contributed by atoms with Gasteiger partial charge in [-0.1, -0.05) is 0 Å². The van der Waals surface area contributed by atoms with Crippen molar-refractivity contribution in [1.29, 1.82) is 0 Å². The molecule has 2 rings (SSSR count). The fourth-order valence-electron chi connectivity index (χ4n) is 2.02. The van der Waals surface area contributed by atoms with Crippen LogP contribution in [0.1, 0.15) is 31.8 Å². The van der Waals surface area contributed by atoms with Gasteiger partial charge in [0.25, 0.3) is 0 Å². The van der Waals surface area contributed by atoms with E-state index in [0.717, 1.165) is 0 Å². The maximum Gasteiger partial charge on any atom is 0.335 e. The van der Waals surface area contributed by atoms with Gasteiger partial charge < -0.3 is 10.2 Å². The van der Waals surface area contributed by atoms with Gasteiger partial charge in [-0.15, -0.1) is 0 Å². The highest BCUT2D eigenvalue weighted by Gasteiger charge is 2.08. The van der Waals surface area contributed by atoms with Crippen LogP contribution in [0.5, 0.6) is 0 Å². The highest BCUT2D eigenvalue weighted by molar-refractivity contribution is 5.90. The van der Waals surface area contributed by atoms with E-state index >= 15 is 0 Å². The lowest BCUT2D eigenvalue weighted by Crippen LogP contribution is -1.98. The highest BCUT2D eigenvalue weighted by atomic mass is 16.4. The molecule has 22 heavy (non-hydrogen) atoms. The van der Waals surface area contributed by atoms with Crippen molar-refractivity contribution < 1.29 is 19.8 Å². The van der Waals surface area contributed by atoms with Crippen molar-refractivity contribution in [2.24, 2.45) is 10.2 Å². The Morgan fingerprint density at radius 3 is 1.41 bits per heavy atom. The molecule has 0 unspecified atom stereocenters.